The zero-order chi connectivity index (χ0) is 16.1. The van der Waals surface area contributed by atoms with Crippen LogP contribution in [0.15, 0.2) is 48.5 Å². The second-order valence-electron chi connectivity index (χ2n) is 5.04. The van der Waals surface area contributed by atoms with Crippen LogP contribution in [0.4, 0.5) is 16.2 Å². The molecule has 0 aliphatic carbocycles. The van der Waals surface area contributed by atoms with Gasteiger partial charge in [0, 0.05) is 18.5 Å². The zero-order valence-corrected chi connectivity index (χ0v) is 12.5. The number of anilines is 2. The third-order valence-electron chi connectivity index (χ3n) is 3.37. The Morgan fingerprint density at radius 2 is 1.74 bits per heavy atom. The van der Waals surface area contributed by atoms with Gasteiger partial charge < -0.3 is 15.7 Å². The summed E-state index contributed by atoms with van der Waals surface area (Å²) in [6.45, 7) is 0.922. The van der Waals surface area contributed by atoms with Crippen molar-refractivity contribution < 1.29 is 9.50 Å². The Bertz CT molecular complexity index is 792. The Labute approximate surface area is 133 Å². The summed E-state index contributed by atoms with van der Waals surface area (Å²) < 4.78 is 13.0. The van der Waals surface area contributed by atoms with E-state index in [0.717, 1.165) is 16.5 Å². The van der Waals surface area contributed by atoms with Crippen molar-refractivity contribution in [1.29, 1.82) is 0 Å². The van der Waals surface area contributed by atoms with Crippen LogP contribution in [0.25, 0.3) is 10.9 Å². The van der Waals surface area contributed by atoms with Crippen molar-refractivity contribution in [3.05, 3.63) is 59.9 Å². The lowest BCUT2D eigenvalue weighted by Crippen LogP contribution is -2.11. The number of nitrogens with one attached hydrogen (secondary N) is 2. The van der Waals surface area contributed by atoms with Gasteiger partial charge in [-0.1, -0.05) is 24.3 Å². The van der Waals surface area contributed by atoms with E-state index in [1.807, 2.05) is 24.3 Å². The molecule has 0 unspecified atom stereocenters. The molecular formula is C17H17FN4O. The van der Waals surface area contributed by atoms with Crippen molar-refractivity contribution in [2.24, 2.45) is 0 Å². The van der Waals surface area contributed by atoms with Gasteiger partial charge in [-0.2, -0.15) is 4.98 Å². The normalized spacial score (nSPS) is 10.7. The Kier molecular flexibility index (Phi) is 4.63. The predicted octanol–water partition coefficient (Wildman–Crippen LogP) is 2.79. The zero-order valence-electron chi connectivity index (χ0n) is 12.5. The van der Waals surface area contributed by atoms with Gasteiger partial charge in [-0.05, 0) is 29.8 Å². The Hall–Kier alpha value is -2.73. The van der Waals surface area contributed by atoms with Crippen LogP contribution < -0.4 is 10.6 Å². The van der Waals surface area contributed by atoms with Crippen LogP contribution in [-0.4, -0.2) is 28.2 Å². The molecule has 3 aromatic rings. The highest BCUT2D eigenvalue weighted by Crippen LogP contribution is 2.22. The fourth-order valence-electron chi connectivity index (χ4n) is 2.25. The summed E-state index contributed by atoms with van der Waals surface area (Å²) in [5.74, 6) is 0.899. The first-order valence-corrected chi connectivity index (χ1v) is 7.36. The van der Waals surface area contributed by atoms with E-state index < -0.39 is 0 Å². The number of aliphatic hydroxyl groups excluding tert-OH is 1. The summed E-state index contributed by atoms with van der Waals surface area (Å²) in [7, 11) is 0. The van der Waals surface area contributed by atoms with E-state index in [4.69, 9.17) is 5.11 Å². The van der Waals surface area contributed by atoms with Crippen LogP contribution in [0, 0.1) is 5.82 Å². The van der Waals surface area contributed by atoms with E-state index in [0.29, 0.717) is 24.9 Å². The molecule has 6 heteroatoms. The van der Waals surface area contributed by atoms with Gasteiger partial charge in [0.2, 0.25) is 5.95 Å². The molecule has 118 valence electrons. The number of aromatic nitrogens is 2. The summed E-state index contributed by atoms with van der Waals surface area (Å²) in [6.07, 6.45) is 0. The van der Waals surface area contributed by atoms with Crippen LogP contribution in [0.5, 0.6) is 0 Å². The van der Waals surface area contributed by atoms with Crippen molar-refractivity contribution in [3.63, 3.8) is 0 Å². The fraction of sp³-hybridized carbons (Fsp3) is 0.176. The Morgan fingerprint density at radius 3 is 2.52 bits per heavy atom. The number of para-hydroxylation sites is 1. The van der Waals surface area contributed by atoms with Gasteiger partial charge in [0.15, 0.2) is 0 Å². The molecule has 0 fully saturated rings. The number of aliphatic hydroxyl groups is 1. The van der Waals surface area contributed by atoms with E-state index in [1.165, 1.54) is 12.1 Å². The van der Waals surface area contributed by atoms with E-state index in [1.54, 1.807) is 12.1 Å². The number of hydrogen-bond acceptors (Lipinski definition) is 5. The molecule has 0 radical (unpaired) electrons. The third-order valence-corrected chi connectivity index (χ3v) is 3.37. The molecule has 1 aromatic heterocycles. The smallest absolute Gasteiger partial charge is 0.225 e. The number of fused-ring (bicyclic) bond motifs is 1. The molecule has 0 aliphatic rings. The summed E-state index contributed by atoms with van der Waals surface area (Å²) in [4.78, 5) is 8.87. The molecule has 0 atom stereocenters. The van der Waals surface area contributed by atoms with E-state index in [-0.39, 0.29) is 12.4 Å². The van der Waals surface area contributed by atoms with Gasteiger partial charge in [-0.25, -0.2) is 9.37 Å². The second kappa shape index (κ2) is 7.02. The standard InChI is InChI=1S/C17H17FN4O/c18-13-7-5-12(6-8-13)11-20-16-14-3-1-2-4-15(14)21-17(22-16)19-9-10-23/h1-8,23H,9-11H2,(H2,19,20,21,22). The van der Waals surface area contributed by atoms with E-state index in [9.17, 15) is 4.39 Å². The van der Waals surface area contributed by atoms with Crippen LogP contribution >= 0.6 is 0 Å². The van der Waals surface area contributed by atoms with Crippen molar-refractivity contribution in [3.8, 4) is 0 Å². The van der Waals surface area contributed by atoms with Gasteiger partial charge >= 0.3 is 0 Å². The van der Waals surface area contributed by atoms with Crippen LogP contribution in [0.3, 0.4) is 0 Å². The average Bonchev–Trinajstić information content (AvgIpc) is 2.59. The minimum atomic E-state index is -0.253. The Morgan fingerprint density at radius 1 is 0.957 bits per heavy atom. The lowest BCUT2D eigenvalue weighted by molar-refractivity contribution is 0.311. The van der Waals surface area contributed by atoms with Gasteiger partial charge in [-0.15, -0.1) is 0 Å². The predicted molar refractivity (Wildman–Crippen MR) is 88.8 cm³/mol. The largest absolute Gasteiger partial charge is 0.395 e. The van der Waals surface area contributed by atoms with Gasteiger partial charge in [-0.3, -0.25) is 0 Å². The number of rotatable bonds is 6. The van der Waals surface area contributed by atoms with E-state index >= 15 is 0 Å². The number of halogens is 1. The minimum Gasteiger partial charge on any atom is -0.395 e. The maximum atomic E-state index is 13.0. The topological polar surface area (TPSA) is 70.1 Å². The van der Waals surface area contributed by atoms with Crippen molar-refractivity contribution in [2.45, 2.75) is 6.54 Å². The highest BCUT2D eigenvalue weighted by molar-refractivity contribution is 5.90. The molecular weight excluding hydrogens is 295 g/mol. The molecule has 0 saturated heterocycles. The molecule has 1 heterocycles. The average molecular weight is 312 g/mol. The minimum absolute atomic E-state index is 0.00846. The Balaban J connectivity index is 1.86. The molecule has 23 heavy (non-hydrogen) atoms. The summed E-state index contributed by atoms with van der Waals surface area (Å²) >= 11 is 0. The monoisotopic (exact) mass is 312 g/mol. The first-order valence-electron chi connectivity index (χ1n) is 7.36. The summed E-state index contributed by atoms with van der Waals surface area (Å²) in [5, 5.41) is 16.1. The third kappa shape index (κ3) is 3.73. The van der Waals surface area contributed by atoms with Gasteiger partial charge in [0.05, 0.1) is 12.1 Å². The first kappa shape index (κ1) is 15.2. The molecule has 2 aromatic carbocycles. The van der Waals surface area contributed by atoms with Crippen molar-refractivity contribution >= 4 is 22.7 Å². The van der Waals surface area contributed by atoms with Crippen molar-refractivity contribution in [2.75, 3.05) is 23.8 Å². The maximum absolute atomic E-state index is 13.0. The quantitative estimate of drug-likeness (QED) is 0.653. The summed E-state index contributed by atoms with van der Waals surface area (Å²) in [6, 6.07) is 14.0. The number of benzene rings is 2. The molecule has 0 bridgehead atoms. The molecule has 0 amide bonds. The van der Waals surface area contributed by atoms with Crippen LogP contribution in [-0.2, 0) is 6.54 Å². The molecule has 3 N–H and O–H groups in total. The maximum Gasteiger partial charge on any atom is 0.225 e. The number of hydrogen-bond donors (Lipinski definition) is 3. The lowest BCUT2D eigenvalue weighted by atomic mass is 10.2. The SMILES string of the molecule is OCCNc1nc(NCc2ccc(F)cc2)c2ccccc2n1. The van der Waals surface area contributed by atoms with Gasteiger partial charge in [0.25, 0.3) is 0 Å². The summed E-state index contributed by atoms with van der Waals surface area (Å²) in [5.41, 5.74) is 1.77. The highest BCUT2D eigenvalue weighted by atomic mass is 19.1. The number of nitrogens with zero attached hydrogens (tertiary/aromatic N) is 2. The molecule has 5 nitrogen and oxygen atoms in total. The lowest BCUT2D eigenvalue weighted by Gasteiger charge is -2.11. The van der Waals surface area contributed by atoms with Gasteiger partial charge in [0.1, 0.15) is 11.6 Å². The first-order chi connectivity index (χ1) is 11.3. The van der Waals surface area contributed by atoms with E-state index in [2.05, 4.69) is 20.6 Å². The van der Waals surface area contributed by atoms with Crippen LogP contribution in [0.1, 0.15) is 5.56 Å². The second-order valence-corrected chi connectivity index (χ2v) is 5.04. The van der Waals surface area contributed by atoms with Crippen molar-refractivity contribution in [1.82, 2.24) is 9.97 Å². The van der Waals surface area contributed by atoms with Crippen LogP contribution in [0.2, 0.25) is 0 Å². The molecule has 3 rings (SSSR count). The highest BCUT2D eigenvalue weighted by Gasteiger charge is 2.07. The molecule has 0 aliphatic heterocycles. The molecule has 0 spiro atoms. The molecule has 0 saturated carbocycles. The fourth-order valence-corrected chi connectivity index (χ4v) is 2.25.